The average Bonchev–Trinajstić information content (AvgIpc) is 2.60. The van der Waals surface area contributed by atoms with Crippen LogP contribution in [-0.2, 0) is 20.4 Å². The summed E-state index contributed by atoms with van der Waals surface area (Å²) < 4.78 is 22.4. The number of benzene rings is 1. The molecule has 1 aromatic rings. The summed E-state index contributed by atoms with van der Waals surface area (Å²) in [6.07, 6.45) is -0.0492. The first-order valence-corrected chi connectivity index (χ1v) is 8.07. The Hall–Kier alpha value is -0.780. The van der Waals surface area contributed by atoms with Crippen LogP contribution in [0.3, 0.4) is 0 Å². The van der Waals surface area contributed by atoms with E-state index in [4.69, 9.17) is 22.3 Å². The Kier molecular flexibility index (Phi) is 3.84. The van der Waals surface area contributed by atoms with E-state index in [1.807, 2.05) is 6.07 Å². The van der Waals surface area contributed by atoms with Crippen molar-refractivity contribution in [3.8, 4) is 0 Å². The van der Waals surface area contributed by atoms with Crippen molar-refractivity contribution in [2.24, 2.45) is 0 Å². The van der Waals surface area contributed by atoms with Crippen LogP contribution in [0.5, 0.6) is 0 Å². The lowest BCUT2D eigenvalue weighted by molar-refractivity contribution is -0.128. The smallest absolute Gasteiger partial charge is 0.237 e. The zero-order valence-electron chi connectivity index (χ0n) is 9.34. The Bertz CT molecular complexity index is 573. The number of hydrogen-bond acceptors (Lipinski definition) is 3. The summed E-state index contributed by atoms with van der Waals surface area (Å²) in [5, 5.41) is -0.230. The van der Waals surface area contributed by atoms with Crippen LogP contribution >= 0.6 is 22.3 Å². The number of rotatable bonds is 3. The molecule has 1 fully saturated rings. The molecule has 0 aromatic heterocycles. The SMILES string of the molecule is O=C1CC(S(=O)(=O)Cl)CN1Cc1cccc(Cl)c1. The van der Waals surface area contributed by atoms with Crippen molar-refractivity contribution in [1.82, 2.24) is 4.90 Å². The van der Waals surface area contributed by atoms with Gasteiger partial charge in [-0.15, -0.1) is 0 Å². The number of nitrogens with zero attached hydrogens (tertiary/aromatic N) is 1. The van der Waals surface area contributed by atoms with Crippen molar-refractivity contribution in [1.29, 1.82) is 0 Å². The minimum absolute atomic E-state index is 0.0492. The van der Waals surface area contributed by atoms with Gasteiger partial charge in [0.15, 0.2) is 0 Å². The molecule has 2 rings (SSSR count). The van der Waals surface area contributed by atoms with E-state index in [-0.39, 0.29) is 18.9 Å². The normalized spacial score (nSPS) is 20.4. The molecule has 7 heteroatoms. The summed E-state index contributed by atoms with van der Waals surface area (Å²) in [5.74, 6) is -0.204. The zero-order valence-corrected chi connectivity index (χ0v) is 11.7. The average molecular weight is 308 g/mol. The Morgan fingerprint density at radius 2 is 2.11 bits per heavy atom. The summed E-state index contributed by atoms with van der Waals surface area (Å²) in [7, 11) is 1.59. The largest absolute Gasteiger partial charge is 0.337 e. The van der Waals surface area contributed by atoms with E-state index >= 15 is 0 Å². The van der Waals surface area contributed by atoms with E-state index in [1.54, 1.807) is 18.2 Å². The molecule has 1 aliphatic heterocycles. The first-order chi connectivity index (χ1) is 8.36. The Labute approximate surface area is 115 Å². The predicted molar refractivity (Wildman–Crippen MR) is 70.0 cm³/mol. The van der Waals surface area contributed by atoms with Crippen LogP contribution in [0.15, 0.2) is 24.3 Å². The van der Waals surface area contributed by atoms with Gasteiger partial charge in [-0.25, -0.2) is 8.42 Å². The highest BCUT2D eigenvalue weighted by atomic mass is 35.7. The van der Waals surface area contributed by atoms with Gasteiger partial charge in [-0.05, 0) is 17.7 Å². The third-order valence-electron chi connectivity index (χ3n) is 2.84. The minimum atomic E-state index is -3.69. The quantitative estimate of drug-likeness (QED) is 0.803. The van der Waals surface area contributed by atoms with E-state index in [2.05, 4.69) is 0 Å². The Morgan fingerprint density at radius 3 is 2.67 bits per heavy atom. The van der Waals surface area contributed by atoms with Gasteiger partial charge >= 0.3 is 0 Å². The highest BCUT2D eigenvalue weighted by molar-refractivity contribution is 8.14. The van der Waals surface area contributed by atoms with Gasteiger partial charge in [0.05, 0.1) is 0 Å². The van der Waals surface area contributed by atoms with Crippen LogP contribution in [0.25, 0.3) is 0 Å². The van der Waals surface area contributed by atoms with Crippen molar-refractivity contribution in [3.63, 3.8) is 0 Å². The summed E-state index contributed by atoms with van der Waals surface area (Å²) in [6.45, 7) is 0.486. The second-order valence-electron chi connectivity index (χ2n) is 4.21. The maximum Gasteiger partial charge on any atom is 0.237 e. The van der Waals surface area contributed by atoms with Crippen LogP contribution in [0.1, 0.15) is 12.0 Å². The third kappa shape index (κ3) is 3.16. The lowest BCUT2D eigenvalue weighted by Crippen LogP contribution is -2.26. The Morgan fingerprint density at radius 1 is 1.39 bits per heavy atom. The van der Waals surface area contributed by atoms with Gasteiger partial charge in [0.25, 0.3) is 0 Å². The molecular formula is C11H11Cl2NO3S. The molecular weight excluding hydrogens is 297 g/mol. The highest BCUT2D eigenvalue weighted by Crippen LogP contribution is 2.23. The van der Waals surface area contributed by atoms with Gasteiger partial charge in [0, 0.05) is 35.2 Å². The standard InChI is InChI=1S/C11H11Cl2NO3S/c12-9-3-1-2-8(4-9)6-14-7-10(5-11(14)15)18(13,16)17/h1-4,10H,5-7H2. The molecule has 1 saturated heterocycles. The molecule has 1 unspecified atom stereocenters. The molecule has 0 N–H and O–H groups in total. The van der Waals surface area contributed by atoms with Gasteiger partial charge in [0.1, 0.15) is 5.25 Å². The number of halogens is 2. The van der Waals surface area contributed by atoms with Gasteiger partial charge in [0.2, 0.25) is 15.0 Å². The van der Waals surface area contributed by atoms with Crippen molar-refractivity contribution in [2.45, 2.75) is 18.2 Å². The van der Waals surface area contributed by atoms with E-state index in [0.717, 1.165) is 5.56 Å². The van der Waals surface area contributed by atoms with Crippen molar-refractivity contribution in [3.05, 3.63) is 34.9 Å². The number of amides is 1. The van der Waals surface area contributed by atoms with Gasteiger partial charge < -0.3 is 4.90 Å². The Balaban J connectivity index is 2.10. The molecule has 0 spiro atoms. The highest BCUT2D eigenvalue weighted by Gasteiger charge is 2.37. The zero-order chi connectivity index (χ0) is 13.3. The van der Waals surface area contributed by atoms with Crippen molar-refractivity contribution < 1.29 is 13.2 Å². The molecule has 0 saturated carbocycles. The molecule has 0 radical (unpaired) electrons. The summed E-state index contributed by atoms with van der Waals surface area (Å²) in [5.41, 5.74) is 0.864. The van der Waals surface area contributed by atoms with E-state index in [0.29, 0.717) is 11.6 Å². The number of carbonyl (C=O) groups is 1. The predicted octanol–water partition coefficient (Wildman–Crippen LogP) is 2.01. The van der Waals surface area contributed by atoms with Gasteiger partial charge in [-0.2, -0.15) is 0 Å². The van der Waals surface area contributed by atoms with Crippen molar-refractivity contribution in [2.75, 3.05) is 6.54 Å². The molecule has 1 atom stereocenters. The van der Waals surface area contributed by atoms with E-state index in [9.17, 15) is 13.2 Å². The van der Waals surface area contributed by atoms with E-state index < -0.39 is 14.3 Å². The molecule has 18 heavy (non-hydrogen) atoms. The fraction of sp³-hybridized carbons (Fsp3) is 0.364. The van der Waals surface area contributed by atoms with Crippen molar-refractivity contribution >= 4 is 37.2 Å². The first-order valence-electron chi connectivity index (χ1n) is 5.32. The van der Waals surface area contributed by atoms with Crippen LogP contribution < -0.4 is 0 Å². The maximum atomic E-state index is 11.7. The number of hydrogen-bond donors (Lipinski definition) is 0. The fourth-order valence-corrected chi connectivity index (χ4v) is 3.20. The fourth-order valence-electron chi connectivity index (χ4n) is 1.93. The topological polar surface area (TPSA) is 54.5 Å². The summed E-state index contributed by atoms with van der Waals surface area (Å²) in [6, 6.07) is 7.11. The van der Waals surface area contributed by atoms with Crippen LogP contribution in [0, 0.1) is 0 Å². The summed E-state index contributed by atoms with van der Waals surface area (Å²) in [4.78, 5) is 13.2. The molecule has 1 aromatic carbocycles. The molecule has 0 bridgehead atoms. The molecule has 98 valence electrons. The van der Waals surface area contributed by atoms with Gasteiger partial charge in [-0.1, -0.05) is 23.7 Å². The lowest BCUT2D eigenvalue weighted by Gasteiger charge is -2.16. The molecule has 0 aliphatic carbocycles. The second-order valence-corrected chi connectivity index (χ2v) is 7.55. The number of carbonyl (C=O) groups excluding carboxylic acids is 1. The third-order valence-corrected chi connectivity index (χ3v) is 4.94. The second kappa shape index (κ2) is 5.07. The number of likely N-dealkylation sites (tertiary alicyclic amines) is 1. The maximum absolute atomic E-state index is 11.7. The molecule has 1 heterocycles. The molecule has 1 aliphatic rings. The minimum Gasteiger partial charge on any atom is -0.337 e. The molecule has 4 nitrogen and oxygen atoms in total. The van der Waals surface area contributed by atoms with E-state index in [1.165, 1.54) is 4.90 Å². The summed E-state index contributed by atoms with van der Waals surface area (Å²) >= 11 is 5.85. The van der Waals surface area contributed by atoms with Crippen LogP contribution in [0.4, 0.5) is 0 Å². The van der Waals surface area contributed by atoms with Crippen LogP contribution in [-0.4, -0.2) is 31.0 Å². The first kappa shape index (κ1) is 13.6. The monoisotopic (exact) mass is 307 g/mol. The molecule has 1 amide bonds. The van der Waals surface area contributed by atoms with Gasteiger partial charge in [-0.3, -0.25) is 4.79 Å². The van der Waals surface area contributed by atoms with Crippen LogP contribution in [0.2, 0.25) is 5.02 Å². The lowest BCUT2D eigenvalue weighted by atomic mass is 10.2.